The largest absolute Gasteiger partial charge is 0.503 e. The van der Waals surface area contributed by atoms with Gasteiger partial charge < -0.3 is 10.2 Å². The van der Waals surface area contributed by atoms with Gasteiger partial charge in [-0.2, -0.15) is 0 Å². The van der Waals surface area contributed by atoms with Gasteiger partial charge >= 0.3 is 6.16 Å². The second-order valence-corrected chi connectivity index (χ2v) is 3.63. The fourth-order valence-electron chi connectivity index (χ4n) is 0. The fourth-order valence-corrected chi connectivity index (χ4v) is 0. The van der Waals surface area contributed by atoms with Gasteiger partial charge in [0.1, 0.15) is 0 Å². The first kappa shape index (κ1) is 11.7. The van der Waals surface area contributed by atoms with Gasteiger partial charge in [-0.1, -0.05) is 6.08 Å². The van der Waals surface area contributed by atoms with Crippen LogP contribution in [0, 0.1) is 0 Å². The molecule has 0 rings (SSSR count). The van der Waals surface area contributed by atoms with Gasteiger partial charge in [0.15, 0.2) is 0 Å². The highest BCUT2D eigenvalue weighted by molar-refractivity contribution is 9.28. The van der Waals surface area contributed by atoms with Crippen LogP contribution in [-0.4, -0.2) is 16.4 Å². The minimum Gasteiger partial charge on any atom is -0.450 e. The van der Waals surface area contributed by atoms with Gasteiger partial charge in [0.25, 0.3) is 0 Å². The Bertz CT molecular complexity index is 102. The third-order valence-electron chi connectivity index (χ3n) is 0.218. The lowest BCUT2D eigenvalue weighted by Crippen LogP contribution is -1.81. The molecule has 0 saturated carbocycles. The number of carbonyl (C=O) groups is 1. The Labute approximate surface area is 69.6 Å². The summed E-state index contributed by atoms with van der Waals surface area (Å²) < 4.78 is 1.00. The molecule has 0 aliphatic heterocycles. The SMILES string of the molecule is CC=C(Br)Br.O=C(O)O. The first-order valence-electron chi connectivity index (χ1n) is 1.90. The van der Waals surface area contributed by atoms with Crippen LogP contribution in [0.1, 0.15) is 6.92 Å². The van der Waals surface area contributed by atoms with Crippen LogP contribution in [0.15, 0.2) is 9.47 Å². The lowest BCUT2D eigenvalue weighted by atomic mass is 10.8. The van der Waals surface area contributed by atoms with Crippen molar-refractivity contribution in [1.29, 1.82) is 0 Å². The fraction of sp³-hybridized carbons (Fsp3) is 0.250. The Hall–Kier alpha value is -0.0300. The summed E-state index contributed by atoms with van der Waals surface area (Å²) in [6.07, 6.45) is 0.0833. The van der Waals surface area contributed by atoms with Gasteiger partial charge in [0, 0.05) is 0 Å². The van der Waals surface area contributed by atoms with Crippen molar-refractivity contribution in [2.24, 2.45) is 0 Å². The Morgan fingerprint density at radius 2 is 1.56 bits per heavy atom. The molecule has 0 aromatic rings. The summed E-state index contributed by atoms with van der Waals surface area (Å²) in [4.78, 5) is 8.56. The number of allylic oxidation sites excluding steroid dienone is 1. The molecule has 0 aliphatic carbocycles. The summed E-state index contributed by atoms with van der Waals surface area (Å²) in [6, 6.07) is 0. The molecule has 3 nitrogen and oxygen atoms in total. The van der Waals surface area contributed by atoms with E-state index in [9.17, 15) is 0 Å². The van der Waals surface area contributed by atoms with Gasteiger partial charge in [-0.15, -0.1) is 0 Å². The summed E-state index contributed by atoms with van der Waals surface area (Å²) in [5.74, 6) is 0. The Morgan fingerprint density at radius 1 is 1.44 bits per heavy atom. The van der Waals surface area contributed by atoms with Crippen LogP contribution < -0.4 is 0 Å². The number of hydrogen-bond acceptors (Lipinski definition) is 1. The molecule has 0 unspecified atom stereocenters. The molecule has 9 heavy (non-hydrogen) atoms. The van der Waals surface area contributed by atoms with Crippen molar-refractivity contribution in [3.8, 4) is 0 Å². The zero-order valence-electron chi connectivity index (χ0n) is 4.64. The second-order valence-electron chi connectivity index (χ2n) is 0.861. The molecule has 0 fully saturated rings. The van der Waals surface area contributed by atoms with Crippen molar-refractivity contribution in [2.75, 3.05) is 0 Å². The molecule has 5 heteroatoms. The van der Waals surface area contributed by atoms with Crippen LogP contribution in [0.25, 0.3) is 0 Å². The van der Waals surface area contributed by atoms with E-state index >= 15 is 0 Å². The molecule has 2 N–H and O–H groups in total. The first-order valence-corrected chi connectivity index (χ1v) is 3.48. The van der Waals surface area contributed by atoms with E-state index < -0.39 is 6.16 Å². The number of carboxylic acid groups (broad SMARTS) is 2. The van der Waals surface area contributed by atoms with E-state index in [2.05, 4.69) is 31.9 Å². The van der Waals surface area contributed by atoms with Crippen molar-refractivity contribution in [1.82, 2.24) is 0 Å². The van der Waals surface area contributed by atoms with Gasteiger partial charge in [0.05, 0.1) is 3.39 Å². The van der Waals surface area contributed by atoms with Crippen molar-refractivity contribution in [3.63, 3.8) is 0 Å². The Kier molecular flexibility index (Phi) is 10.4. The highest BCUT2D eigenvalue weighted by Gasteiger charge is 1.70. The molecule has 0 radical (unpaired) electrons. The highest BCUT2D eigenvalue weighted by Crippen LogP contribution is 2.10. The number of halogens is 2. The average Bonchev–Trinajstić information content (AvgIpc) is 1.65. The molecule has 0 aromatic carbocycles. The van der Waals surface area contributed by atoms with E-state index in [1.54, 1.807) is 0 Å². The average molecular weight is 262 g/mol. The monoisotopic (exact) mass is 260 g/mol. The van der Waals surface area contributed by atoms with Gasteiger partial charge in [-0.05, 0) is 38.8 Å². The first-order chi connectivity index (χ1) is 4.00. The summed E-state index contributed by atoms with van der Waals surface area (Å²) in [7, 11) is 0. The van der Waals surface area contributed by atoms with Gasteiger partial charge in [-0.25, -0.2) is 4.79 Å². The summed E-state index contributed by atoms with van der Waals surface area (Å²) >= 11 is 6.30. The Balaban J connectivity index is 0. The molecule has 0 atom stereocenters. The highest BCUT2D eigenvalue weighted by atomic mass is 79.9. The standard InChI is InChI=1S/C3H4Br2.CH2O3/c1-2-3(4)5;2-1(3)4/h2H,1H3;(H2,2,3,4). The lowest BCUT2D eigenvalue weighted by Gasteiger charge is -1.67. The predicted octanol–water partition coefficient (Wildman–Crippen LogP) is 2.86. The molecular formula is C4H6Br2O3. The van der Waals surface area contributed by atoms with E-state index in [0.717, 1.165) is 3.39 Å². The van der Waals surface area contributed by atoms with Crippen molar-refractivity contribution < 1.29 is 15.0 Å². The topological polar surface area (TPSA) is 57.5 Å². The van der Waals surface area contributed by atoms with E-state index in [-0.39, 0.29) is 0 Å². The molecule has 54 valence electrons. The second kappa shape index (κ2) is 7.97. The van der Waals surface area contributed by atoms with Crippen LogP contribution >= 0.6 is 31.9 Å². The molecule has 0 aliphatic rings. The molecule has 0 spiro atoms. The summed E-state index contributed by atoms with van der Waals surface area (Å²) in [5.41, 5.74) is 0. The molecule has 0 bridgehead atoms. The quantitative estimate of drug-likeness (QED) is 0.705. The van der Waals surface area contributed by atoms with E-state index in [4.69, 9.17) is 15.0 Å². The number of hydrogen-bond donors (Lipinski definition) is 2. The van der Waals surface area contributed by atoms with E-state index in [0.29, 0.717) is 0 Å². The predicted molar refractivity (Wildman–Crippen MR) is 42.3 cm³/mol. The van der Waals surface area contributed by atoms with Crippen LogP contribution in [0.4, 0.5) is 4.79 Å². The molecule has 0 aromatic heterocycles. The minimum absolute atomic E-state index is 1.00. The molecule has 0 saturated heterocycles. The van der Waals surface area contributed by atoms with Gasteiger partial charge in [0.2, 0.25) is 0 Å². The molecular weight excluding hydrogens is 256 g/mol. The van der Waals surface area contributed by atoms with Crippen LogP contribution in [0.3, 0.4) is 0 Å². The summed E-state index contributed by atoms with van der Waals surface area (Å²) in [5, 5.41) is 13.9. The van der Waals surface area contributed by atoms with Crippen LogP contribution in [0.2, 0.25) is 0 Å². The van der Waals surface area contributed by atoms with Crippen LogP contribution in [-0.2, 0) is 0 Å². The van der Waals surface area contributed by atoms with Crippen molar-refractivity contribution in [3.05, 3.63) is 9.47 Å². The van der Waals surface area contributed by atoms with Crippen LogP contribution in [0.5, 0.6) is 0 Å². The van der Waals surface area contributed by atoms with Crippen molar-refractivity contribution >= 4 is 38.0 Å². The zero-order chi connectivity index (χ0) is 7.86. The zero-order valence-corrected chi connectivity index (χ0v) is 7.81. The Morgan fingerprint density at radius 3 is 1.56 bits per heavy atom. The maximum Gasteiger partial charge on any atom is 0.503 e. The maximum absolute atomic E-state index is 8.56. The smallest absolute Gasteiger partial charge is 0.450 e. The van der Waals surface area contributed by atoms with E-state index in [1.807, 2.05) is 13.0 Å². The maximum atomic E-state index is 8.56. The lowest BCUT2D eigenvalue weighted by molar-refractivity contribution is 0.137. The molecule has 0 heterocycles. The molecule has 0 amide bonds. The third kappa shape index (κ3) is 73.2. The normalized spacial score (nSPS) is 6.56. The summed E-state index contributed by atoms with van der Waals surface area (Å²) in [6.45, 7) is 1.94. The minimum atomic E-state index is -1.83. The third-order valence-corrected chi connectivity index (χ3v) is 1.13. The van der Waals surface area contributed by atoms with Crippen molar-refractivity contribution in [2.45, 2.75) is 6.92 Å². The number of rotatable bonds is 0. The van der Waals surface area contributed by atoms with E-state index in [1.165, 1.54) is 0 Å². The van der Waals surface area contributed by atoms with Gasteiger partial charge in [-0.3, -0.25) is 0 Å².